The monoisotopic (exact) mass is 337 g/mol. The Morgan fingerprint density at radius 1 is 0.880 bits per heavy atom. The zero-order chi connectivity index (χ0) is 17.7. The minimum Gasteiger partial charge on any atom is -0.374 e. The lowest BCUT2D eigenvalue weighted by Gasteiger charge is -2.31. The summed E-state index contributed by atoms with van der Waals surface area (Å²) in [7, 11) is 0. The third-order valence-corrected chi connectivity index (χ3v) is 4.90. The van der Waals surface area contributed by atoms with E-state index in [1.165, 1.54) is 42.6 Å². The average molecular weight is 338 g/mol. The van der Waals surface area contributed by atoms with Gasteiger partial charge in [0.2, 0.25) is 0 Å². The molecule has 3 rings (SSSR count). The van der Waals surface area contributed by atoms with Crippen LogP contribution in [0.25, 0.3) is 11.1 Å². The molecule has 1 fully saturated rings. The van der Waals surface area contributed by atoms with Crippen LogP contribution in [0.3, 0.4) is 0 Å². The molecule has 2 aromatic rings. The first kappa shape index (κ1) is 18.2. The van der Waals surface area contributed by atoms with Gasteiger partial charge in [-0.25, -0.2) is 0 Å². The summed E-state index contributed by atoms with van der Waals surface area (Å²) in [6, 6.07) is 20.1. The summed E-state index contributed by atoms with van der Waals surface area (Å²) in [6.45, 7) is 9.65. The van der Waals surface area contributed by atoms with Crippen molar-refractivity contribution in [2.75, 3.05) is 19.7 Å². The predicted octanol–water partition coefficient (Wildman–Crippen LogP) is 5.18. The molecule has 1 atom stereocenters. The molecule has 2 aromatic carbocycles. The molecule has 25 heavy (non-hydrogen) atoms. The first-order valence-electron chi connectivity index (χ1n) is 9.54. The topological polar surface area (TPSA) is 12.5 Å². The highest BCUT2D eigenvalue weighted by Crippen LogP contribution is 2.22. The maximum Gasteiger partial charge on any atom is 0.0632 e. The molecule has 2 heteroatoms. The summed E-state index contributed by atoms with van der Waals surface area (Å²) < 4.78 is 6.13. The van der Waals surface area contributed by atoms with Gasteiger partial charge in [0, 0.05) is 6.04 Å². The Labute approximate surface area is 152 Å². The van der Waals surface area contributed by atoms with E-state index < -0.39 is 0 Å². The summed E-state index contributed by atoms with van der Waals surface area (Å²) in [4.78, 5) is 2.61. The maximum absolute atomic E-state index is 6.13. The highest BCUT2D eigenvalue weighted by Gasteiger charge is 2.24. The van der Waals surface area contributed by atoms with Gasteiger partial charge in [0.25, 0.3) is 0 Å². The molecular formula is C23H31NO. The third-order valence-electron chi connectivity index (χ3n) is 4.90. The summed E-state index contributed by atoms with van der Waals surface area (Å²) in [5.74, 6) is 0. The number of nitrogens with zero attached hydrogens (tertiary/aromatic N) is 1. The fraction of sp³-hybridized carbons (Fsp3) is 0.478. The van der Waals surface area contributed by atoms with Gasteiger partial charge in [-0.3, -0.25) is 4.90 Å². The Hall–Kier alpha value is -1.64. The zero-order valence-corrected chi connectivity index (χ0v) is 15.9. The normalized spacial score (nSPS) is 16.9. The first-order valence-corrected chi connectivity index (χ1v) is 9.54. The Bertz CT molecular complexity index is 636. The van der Waals surface area contributed by atoms with Gasteiger partial charge in [-0.15, -0.1) is 0 Å². The quantitative estimate of drug-likeness (QED) is 0.720. The molecular weight excluding hydrogens is 306 g/mol. The fourth-order valence-electron chi connectivity index (χ4n) is 3.48. The molecule has 0 bridgehead atoms. The van der Waals surface area contributed by atoms with Crippen LogP contribution in [-0.4, -0.2) is 36.2 Å². The number of ether oxygens (including phenoxy) is 1. The molecule has 1 heterocycles. The Balaban J connectivity index is 1.68. The van der Waals surface area contributed by atoms with E-state index in [1.54, 1.807) is 0 Å². The van der Waals surface area contributed by atoms with Gasteiger partial charge in [0.05, 0.1) is 12.2 Å². The second-order valence-corrected chi connectivity index (χ2v) is 8.09. The molecule has 0 unspecified atom stereocenters. The number of benzene rings is 2. The SMILES string of the molecule is CC(C)(C)OC[C@@H](Cc1ccc(-c2ccccc2)cc1)N1CCCC1. The Kier molecular flexibility index (Phi) is 5.93. The summed E-state index contributed by atoms with van der Waals surface area (Å²) >= 11 is 0. The van der Waals surface area contributed by atoms with E-state index in [9.17, 15) is 0 Å². The molecule has 1 aliphatic heterocycles. The van der Waals surface area contributed by atoms with E-state index in [0.717, 1.165) is 13.0 Å². The van der Waals surface area contributed by atoms with Crippen molar-refractivity contribution in [2.45, 2.75) is 51.7 Å². The molecule has 2 nitrogen and oxygen atoms in total. The van der Waals surface area contributed by atoms with Gasteiger partial charge in [-0.2, -0.15) is 0 Å². The predicted molar refractivity (Wildman–Crippen MR) is 106 cm³/mol. The van der Waals surface area contributed by atoms with Crippen molar-refractivity contribution >= 4 is 0 Å². The lowest BCUT2D eigenvalue weighted by Crippen LogP contribution is -2.40. The second-order valence-electron chi connectivity index (χ2n) is 8.09. The lowest BCUT2D eigenvalue weighted by molar-refractivity contribution is -0.0318. The van der Waals surface area contributed by atoms with Gasteiger partial charge >= 0.3 is 0 Å². The fourth-order valence-corrected chi connectivity index (χ4v) is 3.48. The smallest absolute Gasteiger partial charge is 0.0632 e. The van der Waals surface area contributed by atoms with E-state index in [0.29, 0.717) is 6.04 Å². The largest absolute Gasteiger partial charge is 0.374 e. The molecule has 0 N–H and O–H groups in total. The van der Waals surface area contributed by atoms with E-state index in [4.69, 9.17) is 4.74 Å². The standard InChI is InChI=1S/C23H31NO/c1-23(2,3)25-18-22(24-15-7-8-16-24)17-19-11-13-21(14-12-19)20-9-5-4-6-10-20/h4-6,9-14,22H,7-8,15-18H2,1-3H3/t22-/m1/s1. The van der Waals surface area contributed by atoms with Crippen molar-refractivity contribution in [3.05, 3.63) is 60.2 Å². The molecule has 1 saturated heterocycles. The van der Waals surface area contributed by atoms with Crippen LogP contribution in [-0.2, 0) is 11.2 Å². The third kappa shape index (κ3) is 5.42. The number of rotatable bonds is 6. The first-order chi connectivity index (χ1) is 12.0. The molecule has 0 spiro atoms. The van der Waals surface area contributed by atoms with Gasteiger partial charge in [0.1, 0.15) is 0 Å². The minimum atomic E-state index is -0.0743. The lowest BCUT2D eigenvalue weighted by atomic mass is 10.00. The number of hydrogen-bond donors (Lipinski definition) is 0. The maximum atomic E-state index is 6.13. The van der Waals surface area contributed by atoms with Crippen molar-refractivity contribution in [3.8, 4) is 11.1 Å². The van der Waals surface area contributed by atoms with Crippen LogP contribution in [0, 0.1) is 0 Å². The van der Waals surface area contributed by atoms with Crippen LogP contribution in [0.4, 0.5) is 0 Å². The molecule has 1 aliphatic rings. The summed E-state index contributed by atoms with van der Waals surface area (Å²) in [6.07, 6.45) is 3.70. The van der Waals surface area contributed by atoms with Crippen molar-refractivity contribution in [2.24, 2.45) is 0 Å². The van der Waals surface area contributed by atoms with Crippen LogP contribution >= 0.6 is 0 Å². The van der Waals surface area contributed by atoms with Crippen molar-refractivity contribution in [1.82, 2.24) is 4.90 Å². The van der Waals surface area contributed by atoms with Crippen LogP contribution in [0.5, 0.6) is 0 Å². The molecule has 0 aliphatic carbocycles. The number of hydrogen-bond acceptors (Lipinski definition) is 2. The van der Waals surface area contributed by atoms with E-state index in [-0.39, 0.29) is 5.60 Å². The van der Waals surface area contributed by atoms with Gasteiger partial charge in [0.15, 0.2) is 0 Å². The molecule has 134 valence electrons. The molecule has 0 amide bonds. The van der Waals surface area contributed by atoms with Crippen molar-refractivity contribution in [1.29, 1.82) is 0 Å². The summed E-state index contributed by atoms with van der Waals surface area (Å²) in [5.41, 5.74) is 3.89. The van der Waals surface area contributed by atoms with E-state index in [1.807, 2.05) is 0 Å². The highest BCUT2D eigenvalue weighted by atomic mass is 16.5. The molecule has 0 radical (unpaired) electrons. The van der Waals surface area contributed by atoms with Gasteiger partial charge < -0.3 is 4.74 Å². The Morgan fingerprint density at radius 3 is 2.08 bits per heavy atom. The van der Waals surface area contributed by atoms with Crippen LogP contribution in [0.2, 0.25) is 0 Å². The Morgan fingerprint density at radius 2 is 1.48 bits per heavy atom. The van der Waals surface area contributed by atoms with Gasteiger partial charge in [-0.1, -0.05) is 54.6 Å². The summed E-state index contributed by atoms with van der Waals surface area (Å²) in [5, 5.41) is 0. The minimum absolute atomic E-state index is 0.0743. The van der Waals surface area contributed by atoms with Crippen molar-refractivity contribution < 1.29 is 4.74 Å². The zero-order valence-electron chi connectivity index (χ0n) is 15.9. The van der Waals surface area contributed by atoms with E-state index in [2.05, 4.69) is 80.3 Å². The van der Waals surface area contributed by atoms with Crippen LogP contribution in [0.15, 0.2) is 54.6 Å². The number of likely N-dealkylation sites (tertiary alicyclic amines) is 1. The van der Waals surface area contributed by atoms with Crippen LogP contribution < -0.4 is 0 Å². The molecule has 0 aromatic heterocycles. The van der Waals surface area contributed by atoms with Gasteiger partial charge in [-0.05, 0) is 69.8 Å². The second kappa shape index (κ2) is 8.16. The van der Waals surface area contributed by atoms with E-state index >= 15 is 0 Å². The van der Waals surface area contributed by atoms with Crippen molar-refractivity contribution in [3.63, 3.8) is 0 Å². The van der Waals surface area contributed by atoms with Crippen LogP contribution in [0.1, 0.15) is 39.2 Å². The molecule has 0 saturated carbocycles. The average Bonchev–Trinajstić information content (AvgIpc) is 3.14. The highest BCUT2D eigenvalue weighted by molar-refractivity contribution is 5.63.